The third-order valence-electron chi connectivity index (χ3n) is 3.86. The van der Waals surface area contributed by atoms with Crippen LogP contribution >= 0.6 is 0 Å². The van der Waals surface area contributed by atoms with Crippen LogP contribution in [0, 0.1) is 0 Å². The largest absolute Gasteiger partial charge is 0.295 e. The number of carbonyl (C=O) groups is 2. The van der Waals surface area contributed by atoms with Crippen LogP contribution in [0.25, 0.3) is 11.3 Å². The highest BCUT2D eigenvalue weighted by Gasteiger charge is 2.29. The average Bonchev–Trinajstić information content (AvgIpc) is 3.01. The molecule has 8 heteroatoms. The molecular weight excluding hydrogens is 272 g/mol. The van der Waals surface area contributed by atoms with E-state index in [-0.39, 0.29) is 11.8 Å². The van der Waals surface area contributed by atoms with Crippen molar-refractivity contribution in [2.24, 2.45) is 0 Å². The van der Waals surface area contributed by atoms with Crippen molar-refractivity contribution in [3.05, 3.63) is 18.6 Å². The van der Waals surface area contributed by atoms with Crippen molar-refractivity contribution in [3.63, 3.8) is 0 Å². The molecule has 2 aromatic heterocycles. The quantitative estimate of drug-likeness (QED) is 0.827. The van der Waals surface area contributed by atoms with Crippen LogP contribution in [0.4, 0.5) is 0 Å². The minimum atomic E-state index is -0.470. The number of imide groups is 1. The summed E-state index contributed by atoms with van der Waals surface area (Å²) in [6.07, 6.45) is 8.57. The Labute approximate surface area is 120 Å². The van der Waals surface area contributed by atoms with E-state index in [1.54, 1.807) is 12.4 Å². The molecule has 8 nitrogen and oxygen atoms in total. The molecule has 0 aromatic carbocycles. The zero-order valence-corrected chi connectivity index (χ0v) is 11.3. The fraction of sp³-hybridized carbons (Fsp3) is 0.462. The maximum atomic E-state index is 11.8. The lowest BCUT2D eigenvalue weighted by atomic mass is 10.1. The first kappa shape index (κ1) is 12.2. The maximum absolute atomic E-state index is 11.8. The van der Waals surface area contributed by atoms with Gasteiger partial charge in [-0.05, 0) is 19.3 Å². The van der Waals surface area contributed by atoms with E-state index in [1.807, 2.05) is 10.9 Å². The zero-order valence-electron chi connectivity index (χ0n) is 11.3. The summed E-state index contributed by atoms with van der Waals surface area (Å²) < 4.78 is 3.46. The first-order chi connectivity index (χ1) is 10.2. The first-order valence-corrected chi connectivity index (χ1v) is 7.01. The van der Waals surface area contributed by atoms with Crippen molar-refractivity contribution in [1.29, 1.82) is 0 Å². The molecule has 2 fully saturated rings. The molecule has 1 saturated carbocycles. The third kappa shape index (κ3) is 2.22. The summed E-state index contributed by atoms with van der Waals surface area (Å²) in [6, 6.07) is 0.0476. The van der Waals surface area contributed by atoms with E-state index in [1.165, 1.54) is 17.5 Å². The van der Waals surface area contributed by atoms with E-state index in [0.717, 1.165) is 5.56 Å². The molecule has 1 atom stereocenters. The van der Waals surface area contributed by atoms with Crippen LogP contribution in [0.15, 0.2) is 18.6 Å². The van der Waals surface area contributed by atoms with Crippen LogP contribution in [-0.2, 0) is 9.59 Å². The van der Waals surface area contributed by atoms with Crippen molar-refractivity contribution >= 4 is 11.8 Å². The zero-order chi connectivity index (χ0) is 14.4. The minimum absolute atomic E-state index is 0.234. The highest BCUT2D eigenvalue weighted by Crippen LogP contribution is 2.35. The fourth-order valence-electron chi connectivity index (χ4n) is 2.50. The highest BCUT2D eigenvalue weighted by atomic mass is 16.2. The Balaban J connectivity index is 1.57. The van der Waals surface area contributed by atoms with E-state index < -0.39 is 6.04 Å². The molecule has 1 saturated heterocycles. The van der Waals surface area contributed by atoms with Gasteiger partial charge < -0.3 is 0 Å². The lowest BCUT2D eigenvalue weighted by Crippen LogP contribution is -2.41. The van der Waals surface area contributed by atoms with Crippen molar-refractivity contribution in [1.82, 2.24) is 30.1 Å². The number of piperidine rings is 1. The summed E-state index contributed by atoms with van der Waals surface area (Å²) in [6.45, 7) is 0. The smallest absolute Gasteiger partial charge is 0.251 e. The number of hydrogen-bond donors (Lipinski definition) is 1. The summed E-state index contributed by atoms with van der Waals surface area (Å²) in [5.74, 6) is -0.557. The van der Waals surface area contributed by atoms with E-state index in [9.17, 15) is 9.59 Å². The van der Waals surface area contributed by atoms with Crippen LogP contribution in [0.1, 0.15) is 37.8 Å². The molecule has 4 rings (SSSR count). The highest BCUT2D eigenvalue weighted by molar-refractivity contribution is 5.99. The predicted molar refractivity (Wildman–Crippen MR) is 70.9 cm³/mol. The van der Waals surface area contributed by atoms with Crippen molar-refractivity contribution in [2.45, 2.75) is 37.8 Å². The number of rotatable bonds is 3. The van der Waals surface area contributed by atoms with Crippen molar-refractivity contribution < 1.29 is 9.59 Å². The summed E-state index contributed by atoms with van der Waals surface area (Å²) in [7, 11) is 0. The van der Waals surface area contributed by atoms with Crippen LogP contribution in [-0.4, -0.2) is 36.6 Å². The van der Waals surface area contributed by atoms with Crippen molar-refractivity contribution in [3.8, 4) is 11.3 Å². The van der Waals surface area contributed by atoms with Gasteiger partial charge in [0, 0.05) is 18.2 Å². The molecule has 2 amide bonds. The molecule has 21 heavy (non-hydrogen) atoms. The number of hydrogen-bond acceptors (Lipinski definition) is 5. The summed E-state index contributed by atoms with van der Waals surface area (Å²) in [4.78, 5) is 23.0. The molecule has 0 bridgehead atoms. The standard InChI is InChI=1S/C13H14N6O2/c20-12-4-3-11(13(21)15-12)19-7-10(16-17-19)8-5-14-18(6-8)9-1-2-9/h5-7,9,11H,1-4H2,(H,15,20,21). The minimum Gasteiger partial charge on any atom is -0.295 e. The Kier molecular flexibility index (Phi) is 2.63. The summed E-state index contributed by atoms with van der Waals surface area (Å²) >= 11 is 0. The topological polar surface area (TPSA) is 94.7 Å². The Morgan fingerprint density at radius 1 is 1.14 bits per heavy atom. The fourth-order valence-corrected chi connectivity index (χ4v) is 2.50. The van der Waals surface area contributed by atoms with Gasteiger partial charge in [0.2, 0.25) is 5.91 Å². The predicted octanol–water partition coefficient (Wildman–Crippen LogP) is 0.454. The van der Waals surface area contributed by atoms with Gasteiger partial charge in [-0.2, -0.15) is 5.10 Å². The van der Waals surface area contributed by atoms with E-state index in [0.29, 0.717) is 24.6 Å². The summed E-state index contributed by atoms with van der Waals surface area (Å²) in [5, 5.41) is 14.8. The van der Waals surface area contributed by atoms with Crippen LogP contribution < -0.4 is 5.32 Å². The number of carbonyl (C=O) groups excluding carboxylic acids is 2. The SMILES string of the molecule is O=C1CCC(n2cc(-c3cnn(C4CC4)c3)nn2)C(=O)N1. The molecule has 1 aliphatic carbocycles. The van der Waals surface area contributed by atoms with Gasteiger partial charge in [0.15, 0.2) is 0 Å². The van der Waals surface area contributed by atoms with Gasteiger partial charge in [0.05, 0.1) is 18.4 Å². The molecule has 108 valence electrons. The lowest BCUT2D eigenvalue weighted by molar-refractivity contribution is -0.136. The normalized spacial score (nSPS) is 22.4. The first-order valence-electron chi connectivity index (χ1n) is 7.01. The molecule has 2 aromatic rings. The van der Waals surface area contributed by atoms with E-state index in [4.69, 9.17) is 0 Å². The van der Waals surface area contributed by atoms with Gasteiger partial charge in [-0.1, -0.05) is 5.21 Å². The van der Waals surface area contributed by atoms with Gasteiger partial charge >= 0.3 is 0 Å². The van der Waals surface area contributed by atoms with Crippen LogP contribution in [0.5, 0.6) is 0 Å². The third-order valence-corrected chi connectivity index (χ3v) is 3.86. The monoisotopic (exact) mass is 286 g/mol. The molecular formula is C13H14N6O2. The second-order valence-electron chi connectivity index (χ2n) is 5.49. The van der Waals surface area contributed by atoms with Crippen molar-refractivity contribution in [2.75, 3.05) is 0 Å². The molecule has 1 aliphatic heterocycles. The molecule has 1 unspecified atom stereocenters. The van der Waals surface area contributed by atoms with Gasteiger partial charge in [0.1, 0.15) is 11.7 Å². The number of amides is 2. The number of aromatic nitrogens is 5. The van der Waals surface area contributed by atoms with Gasteiger partial charge in [-0.3, -0.25) is 19.6 Å². The van der Waals surface area contributed by atoms with Crippen LogP contribution in [0.2, 0.25) is 0 Å². The maximum Gasteiger partial charge on any atom is 0.251 e. The Bertz CT molecular complexity index is 714. The Morgan fingerprint density at radius 2 is 2.00 bits per heavy atom. The number of nitrogens with zero attached hydrogens (tertiary/aromatic N) is 5. The van der Waals surface area contributed by atoms with E-state index >= 15 is 0 Å². The van der Waals surface area contributed by atoms with E-state index in [2.05, 4.69) is 20.7 Å². The second-order valence-corrected chi connectivity index (χ2v) is 5.49. The Hall–Kier alpha value is -2.51. The summed E-state index contributed by atoms with van der Waals surface area (Å²) in [5.41, 5.74) is 1.58. The average molecular weight is 286 g/mol. The molecule has 2 aliphatic rings. The molecule has 3 heterocycles. The lowest BCUT2D eigenvalue weighted by Gasteiger charge is -2.20. The van der Waals surface area contributed by atoms with Gasteiger partial charge in [-0.25, -0.2) is 4.68 Å². The molecule has 1 N–H and O–H groups in total. The molecule has 0 spiro atoms. The van der Waals surface area contributed by atoms with Crippen LogP contribution in [0.3, 0.4) is 0 Å². The number of nitrogens with one attached hydrogen (secondary N) is 1. The molecule has 0 radical (unpaired) electrons. The van der Waals surface area contributed by atoms with Gasteiger partial charge in [0.25, 0.3) is 5.91 Å². The van der Waals surface area contributed by atoms with Gasteiger partial charge in [-0.15, -0.1) is 5.10 Å². The second kappa shape index (κ2) is 4.51. The Morgan fingerprint density at radius 3 is 2.76 bits per heavy atom.